The Morgan fingerprint density at radius 1 is 1.12 bits per heavy atom. The maximum Gasteiger partial charge on any atom is 0.262 e. The predicted molar refractivity (Wildman–Crippen MR) is 107 cm³/mol. The van der Waals surface area contributed by atoms with E-state index in [4.69, 9.17) is 4.74 Å². The molecule has 2 N–H and O–H groups in total. The topological polar surface area (TPSA) is 67.4 Å². The minimum absolute atomic E-state index is 0.0963. The van der Waals surface area contributed by atoms with Gasteiger partial charge in [-0.3, -0.25) is 9.59 Å². The molecule has 5 nitrogen and oxygen atoms in total. The Kier molecular flexibility index (Phi) is 7.66. The minimum atomic E-state index is -0.266. The molecule has 138 valence electrons. The predicted octanol–water partition coefficient (Wildman–Crippen LogP) is 4.30. The van der Waals surface area contributed by atoms with Crippen LogP contribution in [0.5, 0.6) is 5.75 Å². The zero-order chi connectivity index (χ0) is 18.9. The third kappa shape index (κ3) is 6.19. The van der Waals surface area contributed by atoms with Crippen LogP contribution in [0, 0.1) is 6.92 Å². The summed E-state index contributed by atoms with van der Waals surface area (Å²) in [5, 5.41) is 5.61. The van der Waals surface area contributed by atoms with Crippen molar-refractivity contribution >= 4 is 33.4 Å². The van der Waals surface area contributed by atoms with Gasteiger partial charge in [-0.2, -0.15) is 0 Å². The second-order valence-corrected chi connectivity index (χ2v) is 6.81. The van der Waals surface area contributed by atoms with Gasteiger partial charge in [-0.15, -0.1) is 0 Å². The number of aryl methyl sites for hydroxylation is 1. The third-order valence-corrected chi connectivity index (χ3v) is 4.31. The van der Waals surface area contributed by atoms with E-state index in [-0.39, 0.29) is 18.4 Å². The molecule has 2 aromatic rings. The lowest BCUT2D eigenvalue weighted by Gasteiger charge is -2.10. The summed E-state index contributed by atoms with van der Waals surface area (Å²) in [6.07, 6.45) is 1.99. The molecule has 6 heteroatoms. The quantitative estimate of drug-likeness (QED) is 0.627. The monoisotopic (exact) mass is 418 g/mol. The maximum absolute atomic E-state index is 12.0. The fourth-order valence-electron chi connectivity index (χ4n) is 2.25. The Labute approximate surface area is 162 Å². The Bertz CT molecular complexity index is 760. The van der Waals surface area contributed by atoms with Crippen LogP contribution in [-0.4, -0.2) is 25.0 Å². The van der Waals surface area contributed by atoms with Crippen LogP contribution >= 0.6 is 15.9 Å². The van der Waals surface area contributed by atoms with Crippen LogP contribution in [0.1, 0.15) is 35.7 Å². The van der Waals surface area contributed by atoms with Crippen LogP contribution in [-0.2, 0) is 4.79 Å². The molecule has 0 saturated heterocycles. The first-order valence-electron chi connectivity index (χ1n) is 8.56. The smallest absolute Gasteiger partial charge is 0.262 e. The number of amides is 2. The Hall–Kier alpha value is -2.34. The number of anilines is 1. The molecule has 0 bridgehead atoms. The normalized spacial score (nSPS) is 10.3. The average Bonchev–Trinajstić information content (AvgIpc) is 2.61. The summed E-state index contributed by atoms with van der Waals surface area (Å²) in [5.74, 6) is 0.242. The molecule has 2 aromatic carbocycles. The zero-order valence-electron chi connectivity index (χ0n) is 15.0. The molecule has 26 heavy (non-hydrogen) atoms. The average molecular weight is 419 g/mol. The van der Waals surface area contributed by atoms with E-state index in [2.05, 4.69) is 33.5 Å². The van der Waals surface area contributed by atoms with Crippen molar-refractivity contribution in [2.24, 2.45) is 0 Å². The summed E-state index contributed by atoms with van der Waals surface area (Å²) < 4.78 is 6.33. The molecule has 2 rings (SSSR count). The van der Waals surface area contributed by atoms with E-state index in [1.165, 1.54) is 0 Å². The molecule has 0 spiro atoms. The van der Waals surface area contributed by atoms with Gasteiger partial charge in [-0.1, -0.05) is 19.4 Å². The lowest BCUT2D eigenvalue weighted by molar-refractivity contribution is -0.118. The van der Waals surface area contributed by atoms with Crippen LogP contribution in [0.2, 0.25) is 0 Å². The Morgan fingerprint density at radius 3 is 2.50 bits per heavy atom. The molecule has 2 amide bonds. The Balaban J connectivity index is 1.84. The van der Waals surface area contributed by atoms with E-state index in [9.17, 15) is 9.59 Å². The first-order valence-corrected chi connectivity index (χ1v) is 9.36. The van der Waals surface area contributed by atoms with Crippen molar-refractivity contribution in [3.63, 3.8) is 0 Å². The summed E-state index contributed by atoms with van der Waals surface area (Å²) in [6.45, 7) is 4.63. The highest BCUT2D eigenvalue weighted by Crippen LogP contribution is 2.25. The van der Waals surface area contributed by atoms with Crippen LogP contribution in [0.25, 0.3) is 0 Å². The van der Waals surface area contributed by atoms with Crippen molar-refractivity contribution in [1.82, 2.24) is 5.32 Å². The molecule has 0 aliphatic rings. The number of carbonyl (C=O) groups excluding carboxylic acids is 2. The molecule has 0 unspecified atom stereocenters. The number of carbonyl (C=O) groups is 2. The molecule has 0 saturated carbocycles. The maximum atomic E-state index is 12.0. The fourth-order valence-corrected chi connectivity index (χ4v) is 2.86. The minimum Gasteiger partial charge on any atom is -0.483 e. The van der Waals surface area contributed by atoms with Gasteiger partial charge in [0.05, 0.1) is 4.47 Å². The van der Waals surface area contributed by atoms with Gasteiger partial charge in [0, 0.05) is 17.8 Å². The molecule has 0 radical (unpaired) electrons. The van der Waals surface area contributed by atoms with Crippen LogP contribution in [0.3, 0.4) is 0 Å². The molecule has 0 heterocycles. The second kappa shape index (κ2) is 9.97. The van der Waals surface area contributed by atoms with E-state index in [0.29, 0.717) is 23.5 Å². The van der Waals surface area contributed by atoms with E-state index in [1.54, 1.807) is 24.3 Å². The van der Waals surface area contributed by atoms with Gasteiger partial charge in [0.25, 0.3) is 11.8 Å². The number of unbranched alkanes of at least 4 members (excludes halogenated alkanes) is 1. The van der Waals surface area contributed by atoms with Crippen LogP contribution in [0.4, 0.5) is 5.69 Å². The highest BCUT2D eigenvalue weighted by molar-refractivity contribution is 9.10. The number of benzene rings is 2. The molecule has 0 aliphatic carbocycles. The molecule has 0 fully saturated rings. The number of hydrogen-bond acceptors (Lipinski definition) is 3. The standard InChI is InChI=1S/C20H23BrN2O3/c1-3-4-11-22-20(25)15-6-8-16(9-7-15)23-19(24)13-26-18-10-5-14(2)12-17(18)21/h5-10,12H,3-4,11,13H2,1-2H3,(H,22,25)(H,23,24). The fraction of sp³-hybridized carbons (Fsp3) is 0.300. The molecular weight excluding hydrogens is 396 g/mol. The summed E-state index contributed by atoms with van der Waals surface area (Å²) in [7, 11) is 0. The van der Waals surface area contributed by atoms with Crippen molar-refractivity contribution in [1.29, 1.82) is 0 Å². The van der Waals surface area contributed by atoms with Crippen molar-refractivity contribution in [3.8, 4) is 5.75 Å². The first kappa shape index (κ1) is 20.0. The summed E-state index contributed by atoms with van der Waals surface area (Å²) in [4.78, 5) is 24.0. The van der Waals surface area contributed by atoms with E-state index in [1.807, 2.05) is 25.1 Å². The van der Waals surface area contributed by atoms with Gasteiger partial charge >= 0.3 is 0 Å². The van der Waals surface area contributed by atoms with E-state index in [0.717, 1.165) is 22.9 Å². The van der Waals surface area contributed by atoms with Gasteiger partial charge in [0.2, 0.25) is 0 Å². The van der Waals surface area contributed by atoms with Crippen molar-refractivity contribution < 1.29 is 14.3 Å². The number of nitrogens with one attached hydrogen (secondary N) is 2. The van der Waals surface area contributed by atoms with Crippen molar-refractivity contribution in [2.45, 2.75) is 26.7 Å². The summed E-state index contributed by atoms with van der Waals surface area (Å²) >= 11 is 3.41. The van der Waals surface area contributed by atoms with Gasteiger partial charge in [0.1, 0.15) is 5.75 Å². The highest BCUT2D eigenvalue weighted by atomic mass is 79.9. The molecule has 0 atom stereocenters. The van der Waals surface area contributed by atoms with E-state index < -0.39 is 0 Å². The van der Waals surface area contributed by atoms with Crippen molar-refractivity contribution in [2.75, 3.05) is 18.5 Å². The molecule has 0 aliphatic heterocycles. The van der Waals surface area contributed by atoms with Gasteiger partial charge in [-0.25, -0.2) is 0 Å². The van der Waals surface area contributed by atoms with Gasteiger partial charge < -0.3 is 15.4 Å². The summed E-state index contributed by atoms with van der Waals surface area (Å²) in [5.41, 5.74) is 2.29. The van der Waals surface area contributed by atoms with Crippen LogP contribution in [0.15, 0.2) is 46.9 Å². The Morgan fingerprint density at radius 2 is 1.85 bits per heavy atom. The first-order chi connectivity index (χ1) is 12.5. The zero-order valence-corrected chi connectivity index (χ0v) is 16.6. The number of halogens is 1. The third-order valence-electron chi connectivity index (χ3n) is 3.69. The molecular formula is C20H23BrN2O3. The lowest BCUT2D eigenvalue weighted by Crippen LogP contribution is -2.24. The highest BCUT2D eigenvalue weighted by Gasteiger charge is 2.08. The number of hydrogen-bond donors (Lipinski definition) is 2. The van der Waals surface area contributed by atoms with Gasteiger partial charge in [-0.05, 0) is 71.2 Å². The second-order valence-electron chi connectivity index (χ2n) is 5.96. The van der Waals surface area contributed by atoms with E-state index >= 15 is 0 Å². The van der Waals surface area contributed by atoms with Crippen LogP contribution < -0.4 is 15.4 Å². The number of ether oxygens (including phenoxy) is 1. The van der Waals surface area contributed by atoms with Crippen molar-refractivity contribution in [3.05, 3.63) is 58.1 Å². The summed E-state index contributed by atoms with van der Waals surface area (Å²) in [6, 6.07) is 12.4. The SMILES string of the molecule is CCCCNC(=O)c1ccc(NC(=O)COc2ccc(C)cc2Br)cc1. The number of rotatable bonds is 8. The molecule has 0 aromatic heterocycles. The largest absolute Gasteiger partial charge is 0.483 e. The lowest BCUT2D eigenvalue weighted by atomic mass is 10.2. The van der Waals surface area contributed by atoms with Gasteiger partial charge in [0.15, 0.2) is 6.61 Å².